The number of amides is 1. The molecule has 2 heterocycles. The van der Waals surface area contributed by atoms with Gasteiger partial charge in [0.05, 0.1) is 10.4 Å². The van der Waals surface area contributed by atoms with Gasteiger partial charge in [0.15, 0.2) is 5.16 Å². The van der Waals surface area contributed by atoms with Crippen molar-refractivity contribution >= 4 is 39.4 Å². The molecule has 1 saturated heterocycles. The van der Waals surface area contributed by atoms with E-state index in [1.807, 2.05) is 27.0 Å². The number of aromatic nitrogens is 2. The number of nitrogens with zero attached hydrogens (tertiary/aromatic N) is 3. The quantitative estimate of drug-likeness (QED) is 0.663. The topological polar surface area (TPSA) is 58.1 Å². The Balaban J connectivity index is 1.98. The van der Waals surface area contributed by atoms with Gasteiger partial charge in [-0.1, -0.05) is 11.8 Å². The van der Waals surface area contributed by atoms with E-state index in [2.05, 4.69) is 36.1 Å². The molecule has 0 saturated carbocycles. The van der Waals surface area contributed by atoms with Gasteiger partial charge in [0, 0.05) is 24.8 Å². The molecule has 0 radical (unpaired) electrons. The van der Waals surface area contributed by atoms with Crippen LogP contribution < -0.4 is 10.2 Å². The number of rotatable bonds is 3. The average Bonchev–Trinajstić information content (AvgIpc) is 2.27. The lowest BCUT2D eigenvalue weighted by Gasteiger charge is -2.40. The fraction of sp³-hybridized carbons (Fsp3) is 0.615. The summed E-state index contributed by atoms with van der Waals surface area (Å²) in [4.78, 5) is 22.8. The lowest BCUT2D eigenvalue weighted by molar-refractivity contribution is -0.127. The molecule has 0 aliphatic carbocycles. The molecular weight excluding hydrogens is 340 g/mol. The molecule has 1 aromatic heterocycles. The van der Waals surface area contributed by atoms with E-state index >= 15 is 0 Å². The van der Waals surface area contributed by atoms with Crippen LogP contribution in [0.25, 0.3) is 0 Å². The summed E-state index contributed by atoms with van der Waals surface area (Å²) in [5, 5.41) is 3.76. The molecule has 0 unspecified atom stereocenters. The molecule has 1 aromatic rings. The fourth-order valence-electron chi connectivity index (χ4n) is 1.95. The average molecular weight is 359 g/mol. The van der Waals surface area contributed by atoms with Gasteiger partial charge in [-0.3, -0.25) is 4.79 Å². The number of carbonyl (C=O) groups excluding carboxylic acids is 1. The zero-order chi connectivity index (χ0) is 14.9. The normalized spacial score (nSPS) is 15.9. The fourth-order valence-corrected chi connectivity index (χ4v) is 2.73. The number of carbonyl (C=O) groups is 1. The Labute approximate surface area is 132 Å². The summed E-state index contributed by atoms with van der Waals surface area (Å²) in [6.45, 7) is 7.38. The zero-order valence-electron chi connectivity index (χ0n) is 12.1. The Morgan fingerprint density at radius 3 is 2.70 bits per heavy atom. The zero-order valence-corrected chi connectivity index (χ0v) is 14.5. The van der Waals surface area contributed by atoms with Gasteiger partial charge in [0.2, 0.25) is 5.91 Å². The first-order valence-electron chi connectivity index (χ1n) is 6.43. The summed E-state index contributed by atoms with van der Waals surface area (Å²) >= 11 is 4.97. The summed E-state index contributed by atoms with van der Waals surface area (Å²) in [6.07, 6.45) is 3.71. The Morgan fingerprint density at radius 1 is 1.50 bits per heavy atom. The first-order chi connectivity index (χ1) is 9.30. The van der Waals surface area contributed by atoms with Crippen molar-refractivity contribution in [2.24, 2.45) is 5.92 Å². The molecule has 5 nitrogen and oxygen atoms in total. The van der Waals surface area contributed by atoms with E-state index in [-0.39, 0.29) is 17.4 Å². The van der Waals surface area contributed by atoms with Crippen molar-refractivity contribution in [3.05, 3.63) is 10.7 Å². The third-order valence-electron chi connectivity index (χ3n) is 2.94. The summed E-state index contributed by atoms with van der Waals surface area (Å²) in [7, 11) is 0. The number of hydrogen-bond acceptors (Lipinski definition) is 5. The van der Waals surface area contributed by atoms with E-state index in [1.165, 1.54) is 11.8 Å². The predicted molar refractivity (Wildman–Crippen MR) is 85.1 cm³/mol. The molecule has 1 fully saturated rings. The van der Waals surface area contributed by atoms with Crippen LogP contribution in [0.5, 0.6) is 0 Å². The van der Waals surface area contributed by atoms with E-state index in [9.17, 15) is 4.79 Å². The molecule has 1 aliphatic rings. The Morgan fingerprint density at radius 2 is 2.15 bits per heavy atom. The first kappa shape index (κ1) is 15.6. The Bertz CT molecular complexity index is 512. The minimum Gasteiger partial charge on any atom is -0.354 e. The molecule has 2 rings (SSSR count). The molecule has 0 atom stereocenters. The number of anilines is 1. The monoisotopic (exact) mass is 358 g/mol. The summed E-state index contributed by atoms with van der Waals surface area (Å²) in [5.74, 6) is 1.02. The van der Waals surface area contributed by atoms with Gasteiger partial charge in [0.25, 0.3) is 0 Å². The highest BCUT2D eigenvalue weighted by atomic mass is 79.9. The molecule has 0 bridgehead atoms. The van der Waals surface area contributed by atoms with E-state index in [0.29, 0.717) is 13.1 Å². The van der Waals surface area contributed by atoms with Crippen molar-refractivity contribution in [1.29, 1.82) is 0 Å². The molecule has 110 valence electrons. The highest BCUT2D eigenvalue weighted by Crippen LogP contribution is 2.30. The van der Waals surface area contributed by atoms with Crippen LogP contribution in [0.15, 0.2) is 15.8 Å². The van der Waals surface area contributed by atoms with Crippen LogP contribution in [0.2, 0.25) is 0 Å². The molecular formula is C13H19BrN4OS. The van der Waals surface area contributed by atoms with Crippen molar-refractivity contribution in [3.8, 4) is 0 Å². The van der Waals surface area contributed by atoms with Crippen LogP contribution in [0.3, 0.4) is 0 Å². The predicted octanol–water partition coefficient (Wildman–Crippen LogP) is 2.31. The lowest BCUT2D eigenvalue weighted by Crippen LogP contribution is -2.57. The lowest BCUT2D eigenvalue weighted by atomic mass is 9.97. The molecule has 20 heavy (non-hydrogen) atoms. The molecule has 1 N–H and O–H groups in total. The molecule has 1 amide bonds. The number of hydrogen-bond donors (Lipinski definition) is 1. The van der Waals surface area contributed by atoms with Crippen molar-refractivity contribution in [2.45, 2.75) is 31.5 Å². The number of halogens is 1. The van der Waals surface area contributed by atoms with Gasteiger partial charge in [0.1, 0.15) is 5.82 Å². The van der Waals surface area contributed by atoms with Crippen LogP contribution in [0.1, 0.15) is 20.8 Å². The first-order valence-corrected chi connectivity index (χ1v) is 8.45. The minimum atomic E-state index is -0.182. The second-order valence-corrected chi connectivity index (χ2v) is 7.50. The maximum absolute atomic E-state index is 12.0. The molecule has 0 aromatic carbocycles. The van der Waals surface area contributed by atoms with Crippen LogP contribution in [-0.4, -0.2) is 40.8 Å². The van der Waals surface area contributed by atoms with E-state index < -0.39 is 0 Å². The van der Waals surface area contributed by atoms with E-state index in [1.54, 1.807) is 6.20 Å². The smallest absolute Gasteiger partial charge is 0.227 e. The van der Waals surface area contributed by atoms with E-state index in [4.69, 9.17) is 0 Å². The van der Waals surface area contributed by atoms with Crippen LogP contribution in [0, 0.1) is 5.92 Å². The summed E-state index contributed by atoms with van der Waals surface area (Å²) in [6, 6.07) is 0. The van der Waals surface area contributed by atoms with Gasteiger partial charge >= 0.3 is 0 Å². The van der Waals surface area contributed by atoms with Gasteiger partial charge in [-0.25, -0.2) is 9.97 Å². The molecule has 7 heteroatoms. The van der Waals surface area contributed by atoms with Crippen molar-refractivity contribution in [1.82, 2.24) is 15.3 Å². The van der Waals surface area contributed by atoms with Crippen LogP contribution in [-0.2, 0) is 4.79 Å². The van der Waals surface area contributed by atoms with Gasteiger partial charge < -0.3 is 10.2 Å². The maximum Gasteiger partial charge on any atom is 0.227 e. The minimum absolute atomic E-state index is 0.0359. The van der Waals surface area contributed by atoms with Crippen molar-refractivity contribution in [3.63, 3.8) is 0 Å². The standard InChI is InChI=1S/C13H19BrN4OS/c1-13(2,3)17-11(19)8-6-18(7-8)10-9(14)5-15-12(16-10)20-4/h5,8H,6-7H2,1-4H3,(H,17,19). The second kappa shape index (κ2) is 5.89. The van der Waals surface area contributed by atoms with Crippen molar-refractivity contribution < 1.29 is 4.79 Å². The van der Waals surface area contributed by atoms with Gasteiger partial charge in [-0.15, -0.1) is 0 Å². The summed E-state index contributed by atoms with van der Waals surface area (Å²) < 4.78 is 0.866. The van der Waals surface area contributed by atoms with Crippen molar-refractivity contribution in [2.75, 3.05) is 24.2 Å². The van der Waals surface area contributed by atoms with E-state index in [0.717, 1.165) is 15.4 Å². The van der Waals surface area contributed by atoms with Gasteiger partial charge in [-0.2, -0.15) is 0 Å². The Hall–Kier alpha value is -0.820. The summed E-state index contributed by atoms with van der Waals surface area (Å²) in [5.41, 5.74) is -0.182. The largest absolute Gasteiger partial charge is 0.354 e. The molecule has 1 aliphatic heterocycles. The third kappa shape index (κ3) is 3.63. The van der Waals surface area contributed by atoms with Crippen LogP contribution in [0.4, 0.5) is 5.82 Å². The van der Waals surface area contributed by atoms with Crippen LogP contribution >= 0.6 is 27.7 Å². The number of thioether (sulfide) groups is 1. The van der Waals surface area contributed by atoms with Gasteiger partial charge in [-0.05, 0) is 43.0 Å². The Kier molecular flexibility index (Phi) is 4.59. The SMILES string of the molecule is CSc1ncc(Br)c(N2CC(C(=O)NC(C)(C)C)C2)n1. The highest BCUT2D eigenvalue weighted by Gasteiger charge is 2.35. The number of nitrogens with one attached hydrogen (secondary N) is 1. The molecule has 0 spiro atoms. The third-order valence-corrected chi connectivity index (χ3v) is 4.06. The highest BCUT2D eigenvalue weighted by molar-refractivity contribution is 9.10. The second-order valence-electron chi connectivity index (χ2n) is 5.87. The maximum atomic E-state index is 12.0.